The number of carbonyl (C=O) groups is 2. The number of carbonyl (C=O) groups excluding carboxylic acids is 2. The summed E-state index contributed by atoms with van der Waals surface area (Å²) < 4.78 is 26.8. The third-order valence-corrected chi connectivity index (χ3v) is 5.24. The molecule has 0 bridgehead atoms. The summed E-state index contributed by atoms with van der Waals surface area (Å²) in [7, 11) is -3.69. The Bertz CT molecular complexity index is 896. The third-order valence-electron chi connectivity index (χ3n) is 3.78. The molecule has 0 atom stereocenters. The Kier molecular flexibility index (Phi) is 6.48. The van der Waals surface area contributed by atoms with Gasteiger partial charge in [-0.15, -0.1) is 0 Å². The predicted molar refractivity (Wildman–Crippen MR) is 97.8 cm³/mol. The van der Waals surface area contributed by atoms with Gasteiger partial charge in [0, 0.05) is 18.5 Å². The average molecular weight is 375 g/mol. The maximum absolute atomic E-state index is 12.2. The highest BCUT2D eigenvalue weighted by Crippen LogP contribution is 2.14. The first-order valence-corrected chi connectivity index (χ1v) is 9.49. The Morgan fingerprint density at radius 2 is 1.62 bits per heavy atom. The molecule has 0 saturated carbocycles. The molecule has 0 aromatic heterocycles. The van der Waals surface area contributed by atoms with Crippen LogP contribution in [0, 0.1) is 13.8 Å². The maximum Gasteiger partial charge on any atom is 0.269 e. The summed E-state index contributed by atoms with van der Waals surface area (Å²) in [6.45, 7) is 3.65. The quantitative estimate of drug-likeness (QED) is 0.665. The van der Waals surface area contributed by atoms with Crippen LogP contribution in [0.25, 0.3) is 0 Å². The van der Waals surface area contributed by atoms with E-state index in [9.17, 15) is 18.0 Å². The highest BCUT2D eigenvalue weighted by atomic mass is 32.2. The van der Waals surface area contributed by atoms with Crippen molar-refractivity contribution in [1.29, 1.82) is 0 Å². The lowest BCUT2D eigenvalue weighted by Gasteiger charge is -2.10. The van der Waals surface area contributed by atoms with Gasteiger partial charge < -0.3 is 0 Å². The number of hydrogen-bond donors (Lipinski definition) is 3. The Morgan fingerprint density at radius 1 is 0.923 bits per heavy atom. The van der Waals surface area contributed by atoms with E-state index in [1.807, 2.05) is 13.8 Å². The summed E-state index contributed by atoms with van der Waals surface area (Å²) in [5.74, 6) is -0.952. The molecular weight excluding hydrogens is 354 g/mol. The fraction of sp³-hybridized carbons (Fsp3) is 0.222. The maximum atomic E-state index is 12.2. The Hall–Kier alpha value is -2.71. The number of hydrazine groups is 1. The van der Waals surface area contributed by atoms with Crippen molar-refractivity contribution in [3.63, 3.8) is 0 Å². The molecule has 138 valence electrons. The Morgan fingerprint density at radius 3 is 2.27 bits per heavy atom. The molecule has 8 heteroatoms. The summed E-state index contributed by atoms with van der Waals surface area (Å²) in [4.78, 5) is 23.7. The van der Waals surface area contributed by atoms with Gasteiger partial charge in [-0.2, -0.15) is 0 Å². The second-order valence-electron chi connectivity index (χ2n) is 5.76. The highest BCUT2D eigenvalue weighted by molar-refractivity contribution is 7.89. The van der Waals surface area contributed by atoms with E-state index in [4.69, 9.17) is 0 Å². The monoisotopic (exact) mass is 375 g/mol. The minimum absolute atomic E-state index is 0.0811. The van der Waals surface area contributed by atoms with Crippen LogP contribution >= 0.6 is 0 Å². The van der Waals surface area contributed by atoms with Crippen LogP contribution in [-0.2, 0) is 14.8 Å². The van der Waals surface area contributed by atoms with Crippen molar-refractivity contribution in [2.24, 2.45) is 0 Å². The van der Waals surface area contributed by atoms with E-state index in [2.05, 4.69) is 15.6 Å². The van der Waals surface area contributed by atoms with Gasteiger partial charge in [-0.25, -0.2) is 13.1 Å². The van der Waals surface area contributed by atoms with Crippen LogP contribution < -0.4 is 15.6 Å². The van der Waals surface area contributed by atoms with Gasteiger partial charge >= 0.3 is 0 Å². The number of amides is 2. The van der Waals surface area contributed by atoms with Crippen molar-refractivity contribution in [2.45, 2.75) is 25.2 Å². The van der Waals surface area contributed by atoms with Gasteiger partial charge in [-0.05, 0) is 49.2 Å². The molecule has 0 aliphatic carbocycles. The smallest absolute Gasteiger partial charge is 0.269 e. The topological polar surface area (TPSA) is 104 Å². The van der Waals surface area contributed by atoms with E-state index >= 15 is 0 Å². The van der Waals surface area contributed by atoms with Crippen LogP contribution in [-0.4, -0.2) is 26.8 Å². The molecule has 26 heavy (non-hydrogen) atoms. The molecule has 0 heterocycles. The van der Waals surface area contributed by atoms with Gasteiger partial charge in [0.15, 0.2) is 0 Å². The van der Waals surface area contributed by atoms with Crippen LogP contribution in [0.1, 0.15) is 27.9 Å². The summed E-state index contributed by atoms with van der Waals surface area (Å²) in [5, 5.41) is 0. The lowest BCUT2D eigenvalue weighted by atomic mass is 10.1. The lowest BCUT2D eigenvalue weighted by molar-refractivity contribution is -0.121. The van der Waals surface area contributed by atoms with Crippen LogP contribution in [0.15, 0.2) is 53.4 Å². The van der Waals surface area contributed by atoms with Crippen molar-refractivity contribution >= 4 is 21.8 Å². The van der Waals surface area contributed by atoms with Gasteiger partial charge in [0.25, 0.3) is 5.91 Å². The van der Waals surface area contributed by atoms with E-state index in [1.165, 1.54) is 6.07 Å². The minimum atomic E-state index is -3.69. The predicted octanol–water partition coefficient (Wildman–Crippen LogP) is 1.43. The second kappa shape index (κ2) is 8.59. The fourth-order valence-corrected chi connectivity index (χ4v) is 3.23. The summed E-state index contributed by atoms with van der Waals surface area (Å²) in [5.41, 5.74) is 6.80. The lowest BCUT2D eigenvalue weighted by Crippen LogP contribution is -2.42. The molecule has 0 radical (unpaired) electrons. The molecule has 0 fully saturated rings. The van der Waals surface area contributed by atoms with E-state index in [-0.39, 0.29) is 17.9 Å². The summed E-state index contributed by atoms with van der Waals surface area (Å²) in [6.07, 6.45) is -0.112. The highest BCUT2D eigenvalue weighted by Gasteiger charge is 2.15. The largest absolute Gasteiger partial charge is 0.273 e. The van der Waals surface area contributed by atoms with Crippen LogP contribution in [0.3, 0.4) is 0 Å². The molecule has 0 spiro atoms. The van der Waals surface area contributed by atoms with Gasteiger partial charge in [0.1, 0.15) is 0 Å². The number of aryl methyl sites for hydroxylation is 2. The van der Waals surface area contributed by atoms with Gasteiger partial charge in [0.2, 0.25) is 15.9 Å². The van der Waals surface area contributed by atoms with Gasteiger partial charge in [-0.1, -0.05) is 24.3 Å². The van der Waals surface area contributed by atoms with E-state index in [0.717, 1.165) is 11.1 Å². The zero-order valence-electron chi connectivity index (χ0n) is 14.6. The standard InChI is InChI=1S/C18H21N3O4S/c1-13-8-9-16(12-14(13)2)26(24,25)19-11-10-17(22)20-21-18(23)15-6-4-3-5-7-15/h3-9,12,19H,10-11H2,1-2H3,(H,20,22)(H,21,23). The van der Waals surface area contributed by atoms with Gasteiger partial charge in [-0.3, -0.25) is 20.4 Å². The first-order chi connectivity index (χ1) is 12.3. The first-order valence-electron chi connectivity index (χ1n) is 8.01. The summed E-state index contributed by atoms with van der Waals surface area (Å²) >= 11 is 0. The Balaban J connectivity index is 1.80. The zero-order chi connectivity index (χ0) is 19.2. The van der Waals surface area contributed by atoms with Crippen LogP contribution in [0.5, 0.6) is 0 Å². The normalized spacial score (nSPS) is 11.0. The zero-order valence-corrected chi connectivity index (χ0v) is 15.4. The van der Waals surface area contributed by atoms with E-state index in [0.29, 0.717) is 5.56 Å². The molecule has 7 nitrogen and oxygen atoms in total. The Labute approximate surface area is 152 Å². The molecular formula is C18H21N3O4S. The molecule has 2 rings (SSSR count). The molecule has 2 amide bonds. The van der Waals surface area contributed by atoms with E-state index in [1.54, 1.807) is 42.5 Å². The molecule has 0 saturated heterocycles. The van der Waals surface area contributed by atoms with Crippen LogP contribution in [0.4, 0.5) is 0 Å². The average Bonchev–Trinajstić information content (AvgIpc) is 2.62. The summed E-state index contributed by atoms with van der Waals surface area (Å²) in [6, 6.07) is 13.2. The van der Waals surface area contributed by atoms with Crippen molar-refractivity contribution < 1.29 is 18.0 Å². The number of benzene rings is 2. The van der Waals surface area contributed by atoms with Gasteiger partial charge in [0.05, 0.1) is 4.90 Å². The molecule has 0 unspecified atom stereocenters. The van der Waals surface area contributed by atoms with Crippen molar-refractivity contribution in [2.75, 3.05) is 6.54 Å². The fourth-order valence-electron chi connectivity index (χ4n) is 2.11. The molecule has 0 aliphatic heterocycles. The third kappa shape index (κ3) is 5.40. The molecule has 0 aliphatic rings. The SMILES string of the molecule is Cc1ccc(S(=O)(=O)NCCC(=O)NNC(=O)c2ccccc2)cc1C. The molecule has 2 aromatic rings. The molecule has 2 aromatic carbocycles. The van der Waals surface area contributed by atoms with Crippen molar-refractivity contribution in [1.82, 2.24) is 15.6 Å². The number of sulfonamides is 1. The van der Waals surface area contributed by atoms with Crippen LogP contribution in [0.2, 0.25) is 0 Å². The molecule has 3 N–H and O–H groups in total. The number of nitrogens with one attached hydrogen (secondary N) is 3. The number of hydrogen-bond acceptors (Lipinski definition) is 4. The minimum Gasteiger partial charge on any atom is -0.273 e. The van der Waals surface area contributed by atoms with E-state index < -0.39 is 21.8 Å². The van der Waals surface area contributed by atoms with Crippen molar-refractivity contribution in [3.8, 4) is 0 Å². The number of rotatable bonds is 6. The second-order valence-corrected chi connectivity index (χ2v) is 7.53. The first kappa shape index (κ1) is 19.6. The van der Waals surface area contributed by atoms with Crippen molar-refractivity contribution in [3.05, 3.63) is 65.2 Å².